The molecule has 2 aliphatic rings. The van der Waals surface area contributed by atoms with Gasteiger partial charge in [0, 0.05) is 18.7 Å². The van der Waals surface area contributed by atoms with E-state index < -0.39 is 0 Å². The van der Waals surface area contributed by atoms with Gasteiger partial charge in [-0.2, -0.15) is 0 Å². The van der Waals surface area contributed by atoms with Gasteiger partial charge in [0.25, 0.3) is 5.91 Å². The van der Waals surface area contributed by atoms with E-state index in [0.29, 0.717) is 12.5 Å². The van der Waals surface area contributed by atoms with Crippen molar-refractivity contribution in [3.05, 3.63) is 34.9 Å². The summed E-state index contributed by atoms with van der Waals surface area (Å²) in [6.07, 6.45) is 2.51. The molecule has 3 nitrogen and oxygen atoms in total. The Kier molecular flexibility index (Phi) is 2.40. The standard InChI is InChI=1S/C13H16N2O/c16-13-12-4-3-9(6-11(12)8-15-13)10-2-1-5-14-7-10/h3-4,6,10,14H,1-2,5,7-8H2,(H,15,16). The molecule has 84 valence electrons. The molecule has 1 fully saturated rings. The number of hydrogen-bond acceptors (Lipinski definition) is 2. The van der Waals surface area contributed by atoms with E-state index in [1.165, 1.54) is 18.4 Å². The Morgan fingerprint density at radius 1 is 1.31 bits per heavy atom. The van der Waals surface area contributed by atoms with Gasteiger partial charge in [-0.05, 0) is 42.5 Å². The lowest BCUT2D eigenvalue weighted by molar-refractivity contribution is 0.0966. The molecule has 1 unspecified atom stereocenters. The minimum atomic E-state index is 0.0725. The van der Waals surface area contributed by atoms with Crippen LogP contribution in [0.3, 0.4) is 0 Å². The molecule has 0 bridgehead atoms. The number of carbonyl (C=O) groups is 1. The van der Waals surface area contributed by atoms with Gasteiger partial charge in [-0.1, -0.05) is 12.1 Å². The highest BCUT2D eigenvalue weighted by molar-refractivity contribution is 5.98. The maximum Gasteiger partial charge on any atom is 0.251 e. The molecule has 1 aromatic carbocycles. The van der Waals surface area contributed by atoms with Crippen molar-refractivity contribution >= 4 is 5.91 Å². The third-order valence-electron chi connectivity index (χ3n) is 3.58. The Labute approximate surface area is 95.2 Å². The van der Waals surface area contributed by atoms with Crippen molar-refractivity contribution in [1.29, 1.82) is 0 Å². The molecule has 2 aliphatic heterocycles. The van der Waals surface area contributed by atoms with Crippen LogP contribution in [0.1, 0.15) is 40.2 Å². The lowest BCUT2D eigenvalue weighted by atomic mass is 9.90. The number of fused-ring (bicyclic) bond motifs is 1. The van der Waals surface area contributed by atoms with Gasteiger partial charge in [0.2, 0.25) is 0 Å². The molecule has 3 rings (SSSR count). The maximum atomic E-state index is 11.4. The third-order valence-corrected chi connectivity index (χ3v) is 3.58. The van der Waals surface area contributed by atoms with Crippen LogP contribution in [0.25, 0.3) is 0 Å². The Bertz CT molecular complexity index is 422. The summed E-state index contributed by atoms with van der Waals surface area (Å²) in [5.74, 6) is 0.693. The molecule has 0 saturated carbocycles. The first-order valence-corrected chi connectivity index (χ1v) is 5.96. The number of benzene rings is 1. The molecule has 0 aliphatic carbocycles. The smallest absolute Gasteiger partial charge is 0.251 e. The predicted molar refractivity (Wildman–Crippen MR) is 62.5 cm³/mol. The average Bonchev–Trinajstić information content (AvgIpc) is 2.72. The van der Waals surface area contributed by atoms with Crippen molar-refractivity contribution in [2.75, 3.05) is 13.1 Å². The van der Waals surface area contributed by atoms with Crippen LogP contribution in [0.15, 0.2) is 18.2 Å². The molecular formula is C13H16N2O. The van der Waals surface area contributed by atoms with E-state index in [9.17, 15) is 4.79 Å². The molecule has 1 aromatic rings. The molecule has 1 saturated heterocycles. The first kappa shape index (κ1) is 9.85. The Morgan fingerprint density at radius 3 is 3.06 bits per heavy atom. The van der Waals surface area contributed by atoms with Crippen molar-refractivity contribution in [2.24, 2.45) is 0 Å². The molecule has 1 amide bonds. The first-order chi connectivity index (χ1) is 7.84. The van der Waals surface area contributed by atoms with Crippen LogP contribution in [-0.2, 0) is 6.54 Å². The van der Waals surface area contributed by atoms with Gasteiger partial charge in [0.05, 0.1) is 0 Å². The zero-order valence-corrected chi connectivity index (χ0v) is 9.25. The van der Waals surface area contributed by atoms with Gasteiger partial charge in [-0.25, -0.2) is 0 Å². The van der Waals surface area contributed by atoms with E-state index >= 15 is 0 Å². The summed E-state index contributed by atoms with van der Waals surface area (Å²) in [4.78, 5) is 11.4. The summed E-state index contributed by atoms with van der Waals surface area (Å²) >= 11 is 0. The van der Waals surface area contributed by atoms with Crippen molar-refractivity contribution in [3.8, 4) is 0 Å². The number of carbonyl (C=O) groups excluding carboxylic acids is 1. The quantitative estimate of drug-likeness (QED) is 0.745. The first-order valence-electron chi connectivity index (χ1n) is 5.96. The van der Waals surface area contributed by atoms with E-state index in [4.69, 9.17) is 0 Å². The largest absolute Gasteiger partial charge is 0.348 e. The molecule has 3 heteroatoms. The van der Waals surface area contributed by atoms with E-state index in [1.54, 1.807) is 0 Å². The highest BCUT2D eigenvalue weighted by Gasteiger charge is 2.21. The monoisotopic (exact) mass is 216 g/mol. The summed E-state index contributed by atoms with van der Waals surface area (Å²) in [7, 11) is 0. The molecule has 2 heterocycles. The second-order valence-electron chi connectivity index (χ2n) is 4.64. The Morgan fingerprint density at radius 2 is 2.25 bits per heavy atom. The molecule has 0 aromatic heterocycles. The van der Waals surface area contributed by atoms with E-state index in [0.717, 1.165) is 24.2 Å². The zero-order valence-electron chi connectivity index (χ0n) is 9.25. The van der Waals surface area contributed by atoms with Crippen LogP contribution in [0.5, 0.6) is 0 Å². The minimum absolute atomic E-state index is 0.0725. The zero-order chi connectivity index (χ0) is 11.0. The number of piperidine rings is 1. The number of rotatable bonds is 1. The lowest BCUT2D eigenvalue weighted by Crippen LogP contribution is -2.28. The highest BCUT2D eigenvalue weighted by atomic mass is 16.1. The van der Waals surface area contributed by atoms with Crippen LogP contribution in [0.2, 0.25) is 0 Å². The Hall–Kier alpha value is -1.35. The minimum Gasteiger partial charge on any atom is -0.348 e. The summed E-state index contributed by atoms with van der Waals surface area (Å²) in [5.41, 5.74) is 3.39. The number of amides is 1. The van der Waals surface area contributed by atoms with Gasteiger partial charge in [0.1, 0.15) is 0 Å². The van der Waals surface area contributed by atoms with Gasteiger partial charge in [-0.15, -0.1) is 0 Å². The van der Waals surface area contributed by atoms with Crippen LogP contribution >= 0.6 is 0 Å². The maximum absolute atomic E-state index is 11.4. The van der Waals surface area contributed by atoms with E-state index in [1.807, 2.05) is 6.07 Å². The fraction of sp³-hybridized carbons (Fsp3) is 0.462. The second kappa shape index (κ2) is 3.91. The fourth-order valence-corrected chi connectivity index (χ4v) is 2.64. The number of nitrogens with one attached hydrogen (secondary N) is 2. The van der Waals surface area contributed by atoms with Crippen LogP contribution in [0, 0.1) is 0 Å². The number of hydrogen-bond donors (Lipinski definition) is 2. The van der Waals surface area contributed by atoms with Crippen molar-refractivity contribution in [2.45, 2.75) is 25.3 Å². The van der Waals surface area contributed by atoms with Crippen molar-refractivity contribution in [1.82, 2.24) is 10.6 Å². The third kappa shape index (κ3) is 1.61. The average molecular weight is 216 g/mol. The summed E-state index contributed by atoms with van der Waals surface area (Å²) in [6.45, 7) is 2.91. The molecule has 0 radical (unpaired) electrons. The van der Waals surface area contributed by atoms with Crippen LogP contribution in [0.4, 0.5) is 0 Å². The van der Waals surface area contributed by atoms with E-state index in [-0.39, 0.29) is 5.91 Å². The fourth-order valence-electron chi connectivity index (χ4n) is 2.64. The molecular weight excluding hydrogens is 200 g/mol. The van der Waals surface area contributed by atoms with Gasteiger partial charge in [-0.3, -0.25) is 4.79 Å². The van der Waals surface area contributed by atoms with Crippen LogP contribution < -0.4 is 10.6 Å². The molecule has 2 N–H and O–H groups in total. The highest BCUT2D eigenvalue weighted by Crippen LogP contribution is 2.26. The summed E-state index contributed by atoms with van der Waals surface area (Å²) < 4.78 is 0. The lowest BCUT2D eigenvalue weighted by Gasteiger charge is -2.23. The summed E-state index contributed by atoms with van der Waals surface area (Å²) in [5, 5.41) is 6.29. The SMILES string of the molecule is O=C1NCc2cc(C3CCCNC3)ccc21. The Balaban J connectivity index is 1.89. The predicted octanol–water partition coefficient (Wildman–Crippen LogP) is 1.40. The topological polar surface area (TPSA) is 41.1 Å². The second-order valence-corrected chi connectivity index (χ2v) is 4.64. The van der Waals surface area contributed by atoms with Crippen molar-refractivity contribution < 1.29 is 4.79 Å². The van der Waals surface area contributed by atoms with Gasteiger partial charge >= 0.3 is 0 Å². The molecule has 1 atom stereocenters. The summed E-state index contributed by atoms with van der Waals surface area (Å²) in [6, 6.07) is 6.29. The van der Waals surface area contributed by atoms with Crippen LogP contribution in [-0.4, -0.2) is 19.0 Å². The van der Waals surface area contributed by atoms with Crippen molar-refractivity contribution in [3.63, 3.8) is 0 Å². The van der Waals surface area contributed by atoms with E-state index in [2.05, 4.69) is 22.8 Å². The molecule has 0 spiro atoms. The molecule has 16 heavy (non-hydrogen) atoms. The van der Waals surface area contributed by atoms with Gasteiger partial charge in [0.15, 0.2) is 0 Å². The normalized spacial score (nSPS) is 24.0. The van der Waals surface area contributed by atoms with Gasteiger partial charge < -0.3 is 10.6 Å².